The third-order valence-corrected chi connectivity index (χ3v) is 3.49. The van der Waals surface area contributed by atoms with Gasteiger partial charge in [-0.2, -0.15) is 5.10 Å². The van der Waals surface area contributed by atoms with Gasteiger partial charge >= 0.3 is 0 Å². The van der Waals surface area contributed by atoms with Crippen LogP contribution in [0.4, 0.5) is 0 Å². The Hall–Kier alpha value is -1.61. The van der Waals surface area contributed by atoms with Crippen LogP contribution in [0.5, 0.6) is 0 Å². The molecule has 0 unspecified atom stereocenters. The zero-order valence-corrected chi connectivity index (χ0v) is 12.3. The second-order valence-corrected chi connectivity index (χ2v) is 5.53. The number of aryl methyl sites for hydroxylation is 1. The first-order valence-corrected chi connectivity index (χ1v) is 6.84. The van der Waals surface area contributed by atoms with E-state index in [0.29, 0.717) is 12.5 Å². The van der Waals surface area contributed by atoms with Crippen LogP contribution in [-0.2, 0) is 20.0 Å². The van der Waals surface area contributed by atoms with Crippen LogP contribution in [0.25, 0.3) is 11.1 Å². The maximum absolute atomic E-state index is 5.79. The fourth-order valence-electron chi connectivity index (χ4n) is 2.47. The summed E-state index contributed by atoms with van der Waals surface area (Å²) < 4.78 is 1.90. The summed E-state index contributed by atoms with van der Waals surface area (Å²) in [6.45, 7) is 7.05. The molecule has 0 amide bonds. The molecule has 3 heteroatoms. The van der Waals surface area contributed by atoms with Gasteiger partial charge in [0.15, 0.2) is 0 Å². The summed E-state index contributed by atoms with van der Waals surface area (Å²) in [6.07, 6.45) is 1.12. The largest absolute Gasteiger partial charge is 0.325 e. The van der Waals surface area contributed by atoms with Gasteiger partial charge in [0.05, 0.1) is 5.69 Å². The second-order valence-electron chi connectivity index (χ2n) is 5.53. The van der Waals surface area contributed by atoms with Gasteiger partial charge in [0.25, 0.3) is 0 Å². The Bertz CT molecular complexity index is 550. The van der Waals surface area contributed by atoms with Crippen LogP contribution >= 0.6 is 0 Å². The predicted molar refractivity (Wildman–Crippen MR) is 79.8 cm³/mol. The van der Waals surface area contributed by atoms with E-state index < -0.39 is 0 Å². The molecular formula is C16H23N3. The highest BCUT2D eigenvalue weighted by atomic mass is 15.3. The third kappa shape index (κ3) is 2.87. The van der Waals surface area contributed by atoms with Gasteiger partial charge in [-0.15, -0.1) is 0 Å². The summed E-state index contributed by atoms with van der Waals surface area (Å²) in [5.41, 5.74) is 11.7. The minimum Gasteiger partial charge on any atom is -0.325 e. The molecule has 0 bridgehead atoms. The van der Waals surface area contributed by atoms with Crippen LogP contribution in [0.1, 0.15) is 30.8 Å². The van der Waals surface area contributed by atoms with Crippen molar-refractivity contribution in [2.45, 2.75) is 33.7 Å². The molecule has 0 fully saturated rings. The molecule has 1 heterocycles. The van der Waals surface area contributed by atoms with Gasteiger partial charge in [0.2, 0.25) is 0 Å². The standard InChI is InChI=1S/C16H23N3/c1-11(2)9-13-5-7-14(8-6-13)16-12(3)19(4)18-15(16)10-17/h5-8,11H,9-10,17H2,1-4H3. The molecule has 0 atom stereocenters. The van der Waals surface area contributed by atoms with Gasteiger partial charge in [-0.25, -0.2) is 0 Å². The lowest BCUT2D eigenvalue weighted by molar-refractivity contribution is 0.647. The molecule has 102 valence electrons. The van der Waals surface area contributed by atoms with E-state index >= 15 is 0 Å². The average Bonchev–Trinajstić information content (AvgIpc) is 2.66. The minimum atomic E-state index is 0.477. The second kappa shape index (κ2) is 5.57. The summed E-state index contributed by atoms with van der Waals surface area (Å²) >= 11 is 0. The fraction of sp³-hybridized carbons (Fsp3) is 0.438. The van der Waals surface area contributed by atoms with Crippen molar-refractivity contribution in [3.8, 4) is 11.1 Å². The van der Waals surface area contributed by atoms with Crippen LogP contribution in [0, 0.1) is 12.8 Å². The Kier molecular flexibility index (Phi) is 4.05. The lowest BCUT2D eigenvalue weighted by Gasteiger charge is -2.07. The monoisotopic (exact) mass is 257 g/mol. The molecule has 2 aromatic rings. The van der Waals surface area contributed by atoms with E-state index in [4.69, 9.17) is 5.73 Å². The maximum atomic E-state index is 5.79. The highest BCUT2D eigenvalue weighted by Crippen LogP contribution is 2.27. The number of aromatic nitrogens is 2. The lowest BCUT2D eigenvalue weighted by Crippen LogP contribution is -2.00. The van der Waals surface area contributed by atoms with Crippen LogP contribution in [0.3, 0.4) is 0 Å². The first-order chi connectivity index (χ1) is 9.02. The van der Waals surface area contributed by atoms with Crippen molar-refractivity contribution >= 4 is 0 Å². The van der Waals surface area contributed by atoms with E-state index in [1.54, 1.807) is 0 Å². The minimum absolute atomic E-state index is 0.477. The van der Waals surface area contributed by atoms with Crippen LogP contribution in [0.2, 0.25) is 0 Å². The van der Waals surface area contributed by atoms with E-state index in [9.17, 15) is 0 Å². The summed E-state index contributed by atoms with van der Waals surface area (Å²) in [7, 11) is 1.96. The zero-order valence-electron chi connectivity index (χ0n) is 12.3. The van der Waals surface area contributed by atoms with Crippen LogP contribution in [0.15, 0.2) is 24.3 Å². The Morgan fingerprint density at radius 2 is 1.84 bits per heavy atom. The summed E-state index contributed by atoms with van der Waals surface area (Å²) in [5.74, 6) is 0.686. The molecule has 3 nitrogen and oxygen atoms in total. The molecular weight excluding hydrogens is 234 g/mol. The van der Waals surface area contributed by atoms with E-state index in [1.807, 2.05) is 11.7 Å². The molecule has 1 aromatic carbocycles. The van der Waals surface area contributed by atoms with Gasteiger partial charge in [-0.05, 0) is 30.4 Å². The fourth-order valence-corrected chi connectivity index (χ4v) is 2.47. The molecule has 0 radical (unpaired) electrons. The normalized spacial score (nSPS) is 11.3. The van der Waals surface area contributed by atoms with Gasteiger partial charge in [-0.1, -0.05) is 38.1 Å². The predicted octanol–water partition coefficient (Wildman–Crippen LogP) is 3.05. The SMILES string of the molecule is Cc1c(-c2ccc(CC(C)C)cc2)c(CN)nn1C. The zero-order chi connectivity index (χ0) is 14.0. The smallest absolute Gasteiger partial charge is 0.0841 e. The summed E-state index contributed by atoms with van der Waals surface area (Å²) in [5, 5.41) is 4.47. The Balaban J connectivity index is 2.37. The highest BCUT2D eigenvalue weighted by Gasteiger charge is 2.13. The topological polar surface area (TPSA) is 43.8 Å². The molecule has 0 saturated carbocycles. The van der Waals surface area contributed by atoms with Crippen molar-refractivity contribution in [2.24, 2.45) is 18.7 Å². The van der Waals surface area contributed by atoms with Crippen molar-refractivity contribution in [3.05, 3.63) is 41.2 Å². The van der Waals surface area contributed by atoms with E-state index in [-0.39, 0.29) is 0 Å². The van der Waals surface area contributed by atoms with Gasteiger partial charge in [-0.3, -0.25) is 4.68 Å². The number of rotatable bonds is 4. The van der Waals surface area contributed by atoms with Crippen molar-refractivity contribution in [3.63, 3.8) is 0 Å². The van der Waals surface area contributed by atoms with Crippen molar-refractivity contribution in [1.82, 2.24) is 9.78 Å². The first kappa shape index (κ1) is 13.8. The van der Waals surface area contributed by atoms with Gasteiger partial charge in [0.1, 0.15) is 0 Å². The maximum Gasteiger partial charge on any atom is 0.0841 e. The Morgan fingerprint density at radius 1 is 1.21 bits per heavy atom. The van der Waals surface area contributed by atoms with E-state index in [2.05, 4.69) is 50.1 Å². The molecule has 2 N–H and O–H groups in total. The van der Waals surface area contributed by atoms with Crippen LogP contribution in [-0.4, -0.2) is 9.78 Å². The number of nitrogens with zero attached hydrogens (tertiary/aromatic N) is 2. The van der Waals surface area contributed by atoms with E-state index in [1.165, 1.54) is 16.7 Å². The van der Waals surface area contributed by atoms with E-state index in [0.717, 1.165) is 17.8 Å². The molecule has 0 aliphatic carbocycles. The Labute approximate surface area is 115 Å². The number of hydrogen-bond donors (Lipinski definition) is 1. The lowest BCUT2D eigenvalue weighted by atomic mass is 9.98. The molecule has 19 heavy (non-hydrogen) atoms. The molecule has 2 rings (SSSR count). The quantitative estimate of drug-likeness (QED) is 0.915. The van der Waals surface area contributed by atoms with Crippen molar-refractivity contribution < 1.29 is 0 Å². The molecule has 0 aliphatic rings. The molecule has 0 spiro atoms. The number of nitrogens with two attached hydrogens (primary N) is 1. The highest BCUT2D eigenvalue weighted by molar-refractivity contribution is 5.68. The van der Waals surface area contributed by atoms with Gasteiger partial charge < -0.3 is 5.73 Å². The summed E-state index contributed by atoms with van der Waals surface area (Å²) in [6, 6.07) is 8.78. The third-order valence-electron chi connectivity index (χ3n) is 3.49. The molecule has 0 aliphatic heterocycles. The first-order valence-electron chi connectivity index (χ1n) is 6.84. The average molecular weight is 257 g/mol. The number of hydrogen-bond acceptors (Lipinski definition) is 2. The Morgan fingerprint density at radius 3 is 2.37 bits per heavy atom. The van der Waals surface area contributed by atoms with Gasteiger partial charge in [0, 0.05) is 24.8 Å². The molecule has 1 aromatic heterocycles. The van der Waals surface area contributed by atoms with Crippen molar-refractivity contribution in [2.75, 3.05) is 0 Å². The summed E-state index contributed by atoms with van der Waals surface area (Å²) in [4.78, 5) is 0. The van der Waals surface area contributed by atoms with Crippen molar-refractivity contribution in [1.29, 1.82) is 0 Å². The molecule has 0 saturated heterocycles. The number of benzene rings is 1. The van der Waals surface area contributed by atoms with Crippen LogP contribution < -0.4 is 5.73 Å².